The Balaban J connectivity index is 1.23. The molecule has 2 heterocycles. The molecule has 4 saturated carbocycles. The summed E-state index contributed by atoms with van der Waals surface area (Å²) >= 11 is 0. The number of aliphatic hydroxyl groups is 9. The Labute approximate surface area is 327 Å². The zero-order valence-corrected chi connectivity index (χ0v) is 34.3. The SMILES string of the molecule is CC(C)=CCC[C@](C)(O)[C@@H]1CC[C@@]2(C)[C@@H]1[C@@H](O)C[C@H]1[C@@]3(C)CC[C@H](O[C@@H]4O[C@H](CO)[C@@H](O)[C@H](O)[C@H]4O[C@@H]4O[C@H](CO)[C@@H](O)[C@H](O)[C@H]4O)C(C)(C)[C@@H]3CC[C@]12C. The summed E-state index contributed by atoms with van der Waals surface area (Å²) < 4.78 is 24.4. The zero-order chi connectivity index (χ0) is 40.6. The van der Waals surface area contributed by atoms with Crippen molar-refractivity contribution in [2.45, 2.75) is 192 Å². The molecule has 9 N–H and O–H groups in total. The number of rotatable bonds is 10. The van der Waals surface area contributed by atoms with Gasteiger partial charge in [-0.05, 0) is 124 Å². The number of ether oxygens (including phenoxy) is 4. The molecule has 6 aliphatic rings. The number of fused-ring (bicyclic) bond motifs is 5. The van der Waals surface area contributed by atoms with E-state index in [0.717, 1.165) is 38.5 Å². The summed E-state index contributed by atoms with van der Waals surface area (Å²) in [6.45, 7) is 16.5. The van der Waals surface area contributed by atoms with Crippen LogP contribution in [0.25, 0.3) is 0 Å². The normalized spacial score (nSPS) is 52.0. The van der Waals surface area contributed by atoms with Crippen LogP contribution in [0.5, 0.6) is 0 Å². The summed E-state index contributed by atoms with van der Waals surface area (Å²) in [6, 6.07) is 0. The van der Waals surface area contributed by atoms with Crippen LogP contribution < -0.4 is 0 Å². The van der Waals surface area contributed by atoms with Crippen molar-refractivity contribution in [3.8, 4) is 0 Å². The Morgan fingerprint density at radius 1 is 0.727 bits per heavy atom. The van der Waals surface area contributed by atoms with E-state index in [1.165, 1.54) is 5.57 Å². The van der Waals surface area contributed by atoms with Crippen molar-refractivity contribution in [1.29, 1.82) is 0 Å². The molecular formula is C42H72O13. The van der Waals surface area contributed by atoms with E-state index in [2.05, 4.69) is 54.5 Å². The molecular weight excluding hydrogens is 712 g/mol. The Bertz CT molecular complexity index is 1370. The monoisotopic (exact) mass is 784 g/mol. The summed E-state index contributed by atoms with van der Waals surface area (Å²) in [5.41, 5.74) is -0.405. The molecule has 4 aliphatic carbocycles. The second-order valence-electron chi connectivity index (χ2n) is 20.1. The predicted molar refractivity (Wildman–Crippen MR) is 201 cm³/mol. The third kappa shape index (κ3) is 7.20. The molecule has 0 aromatic heterocycles. The van der Waals surface area contributed by atoms with Gasteiger partial charge in [0.05, 0.1) is 31.0 Å². The van der Waals surface area contributed by atoms with E-state index in [9.17, 15) is 46.0 Å². The Morgan fingerprint density at radius 3 is 1.95 bits per heavy atom. The Hall–Kier alpha value is -0.780. The lowest BCUT2D eigenvalue weighted by molar-refractivity contribution is -0.378. The van der Waals surface area contributed by atoms with Gasteiger partial charge in [-0.15, -0.1) is 0 Å². The number of hydrogen-bond donors (Lipinski definition) is 9. The van der Waals surface area contributed by atoms with Crippen LogP contribution in [0.2, 0.25) is 0 Å². The molecule has 20 atom stereocenters. The lowest BCUT2D eigenvalue weighted by Crippen LogP contribution is -2.68. The van der Waals surface area contributed by atoms with E-state index in [1.54, 1.807) is 0 Å². The van der Waals surface area contributed by atoms with Gasteiger partial charge in [-0.3, -0.25) is 0 Å². The molecule has 0 bridgehead atoms. The lowest BCUT2D eigenvalue weighted by atomic mass is 9.35. The maximum Gasteiger partial charge on any atom is 0.187 e. The van der Waals surface area contributed by atoms with E-state index in [-0.39, 0.29) is 39.9 Å². The van der Waals surface area contributed by atoms with Gasteiger partial charge in [-0.1, -0.05) is 46.3 Å². The van der Waals surface area contributed by atoms with Crippen molar-refractivity contribution in [3.05, 3.63) is 11.6 Å². The van der Waals surface area contributed by atoms with Crippen LogP contribution in [0.15, 0.2) is 11.6 Å². The summed E-state index contributed by atoms with van der Waals surface area (Å²) in [4.78, 5) is 0. The average Bonchev–Trinajstić information content (AvgIpc) is 3.50. The first-order chi connectivity index (χ1) is 25.6. The minimum absolute atomic E-state index is 0.00798. The highest BCUT2D eigenvalue weighted by Gasteiger charge is 2.71. The van der Waals surface area contributed by atoms with Gasteiger partial charge in [0.2, 0.25) is 0 Å². The van der Waals surface area contributed by atoms with Crippen molar-refractivity contribution in [2.24, 2.45) is 45.3 Å². The fourth-order valence-electron chi connectivity index (χ4n) is 13.3. The predicted octanol–water partition coefficient (Wildman–Crippen LogP) is 2.15. The second kappa shape index (κ2) is 15.7. The highest BCUT2D eigenvalue weighted by Crippen LogP contribution is 2.76. The molecule has 0 unspecified atom stereocenters. The van der Waals surface area contributed by atoms with Crippen LogP contribution in [-0.2, 0) is 18.9 Å². The molecule has 0 radical (unpaired) electrons. The van der Waals surface area contributed by atoms with Crippen molar-refractivity contribution in [2.75, 3.05) is 13.2 Å². The molecule has 318 valence electrons. The second-order valence-corrected chi connectivity index (χ2v) is 20.1. The molecule has 2 saturated heterocycles. The molecule has 0 amide bonds. The summed E-state index contributed by atoms with van der Waals surface area (Å²) in [6.07, 6.45) is -6.48. The number of allylic oxidation sites excluding steroid dienone is 2. The largest absolute Gasteiger partial charge is 0.394 e. The topological polar surface area (TPSA) is 219 Å². The molecule has 13 heteroatoms. The minimum Gasteiger partial charge on any atom is -0.394 e. The molecule has 13 nitrogen and oxygen atoms in total. The van der Waals surface area contributed by atoms with Crippen LogP contribution in [0, 0.1) is 45.3 Å². The van der Waals surface area contributed by atoms with Crippen LogP contribution in [-0.4, -0.2) is 138 Å². The van der Waals surface area contributed by atoms with E-state index < -0.39 is 97.8 Å². The Morgan fingerprint density at radius 2 is 1.33 bits per heavy atom. The van der Waals surface area contributed by atoms with Crippen molar-refractivity contribution in [1.82, 2.24) is 0 Å². The van der Waals surface area contributed by atoms with Crippen molar-refractivity contribution in [3.63, 3.8) is 0 Å². The molecule has 55 heavy (non-hydrogen) atoms. The summed E-state index contributed by atoms with van der Waals surface area (Å²) in [5, 5.41) is 97.4. The highest BCUT2D eigenvalue weighted by atomic mass is 16.8. The summed E-state index contributed by atoms with van der Waals surface area (Å²) in [5.74, 6) is 0.445. The van der Waals surface area contributed by atoms with Crippen LogP contribution in [0.1, 0.15) is 113 Å². The maximum absolute atomic E-state index is 12.2. The van der Waals surface area contributed by atoms with E-state index in [1.807, 2.05) is 6.92 Å². The third-order valence-electron chi connectivity index (χ3n) is 16.6. The van der Waals surface area contributed by atoms with Crippen LogP contribution in [0.4, 0.5) is 0 Å². The fraction of sp³-hybridized carbons (Fsp3) is 0.952. The minimum atomic E-state index is -1.75. The third-order valence-corrected chi connectivity index (χ3v) is 16.6. The van der Waals surface area contributed by atoms with Crippen LogP contribution in [0.3, 0.4) is 0 Å². The lowest BCUT2D eigenvalue weighted by Gasteiger charge is -2.70. The number of aliphatic hydroxyl groups excluding tert-OH is 8. The first-order valence-electron chi connectivity index (χ1n) is 20.9. The van der Waals surface area contributed by atoms with E-state index >= 15 is 0 Å². The molecule has 2 aliphatic heterocycles. The first-order valence-corrected chi connectivity index (χ1v) is 20.9. The standard InChI is InChI=1S/C42H72O13/c1-21(2)10-9-14-42(8,51)22-11-16-41(7)29(22)23(45)18-27-39(5)15-13-28(38(3,4)26(39)12-17-40(27,41)6)54-37-35(33(49)31(47)25(20-44)53-37)55-36-34(50)32(48)30(46)24(19-43)52-36/h10,22-37,43-51H,9,11-20H2,1-8H3/t22-,23+,24-,25-,26+,27+,28+,29+,30-,31-,32+,33+,34-,35-,36+,37+,39+,40-,41+,42+/m1/s1. The molecule has 6 fully saturated rings. The molecule has 0 spiro atoms. The average molecular weight is 785 g/mol. The Kier molecular flexibility index (Phi) is 12.5. The molecule has 6 rings (SSSR count). The quantitative estimate of drug-likeness (QED) is 0.115. The number of hydrogen-bond acceptors (Lipinski definition) is 13. The molecule has 0 aromatic rings. The highest BCUT2D eigenvalue weighted by molar-refractivity contribution is 5.20. The van der Waals surface area contributed by atoms with Crippen LogP contribution >= 0.6 is 0 Å². The van der Waals surface area contributed by atoms with Gasteiger partial charge in [-0.2, -0.15) is 0 Å². The van der Waals surface area contributed by atoms with Gasteiger partial charge < -0.3 is 64.9 Å². The molecule has 0 aromatic carbocycles. The zero-order valence-electron chi connectivity index (χ0n) is 34.3. The van der Waals surface area contributed by atoms with Crippen molar-refractivity contribution >= 4 is 0 Å². The van der Waals surface area contributed by atoms with E-state index in [0.29, 0.717) is 19.3 Å². The first kappa shape index (κ1) is 43.8. The maximum atomic E-state index is 12.2. The van der Waals surface area contributed by atoms with Gasteiger partial charge >= 0.3 is 0 Å². The van der Waals surface area contributed by atoms with Gasteiger partial charge in [0, 0.05) is 0 Å². The van der Waals surface area contributed by atoms with E-state index in [4.69, 9.17) is 18.9 Å². The van der Waals surface area contributed by atoms with Crippen molar-refractivity contribution < 1.29 is 64.9 Å². The van der Waals surface area contributed by atoms with Gasteiger partial charge in [0.1, 0.15) is 48.8 Å². The van der Waals surface area contributed by atoms with Gasteiger partial charge in [0.25, 0.3) is 0 Å². The summed E-state index contributed by atoms with van der Waals surface area (Å²) in [7, 11) is 0. The van der Waals surface area contributed by atoms with Gasteiger partial charge in [-0.25, -0.2) is 0 Å². The van der Waals surface area contributed by atoms with Gasteiger partial charge in [0.15, 0.2) is 12.6 Å². The smallest absolute Gasteiger partial charge is 0.187 e. The fourth-order valence-corrected chi connectivity index (χ4v) is 13.3.